The number of aromatic nitrogens is 1. The first-order valence-corrected chi connectivity index (χ1v) is 5.86. The van der Waals surface area contributed by atoms with Gasteiger partial charge >= 0.3 is 0 Å². The molecule has 0 N–H and O–H groups in total. The Morgan fingerprint density at radius 2 is 1.68 bits per heavy atom. The lowest BCUT2D eigenvalue weighted by Crippen LogP contribution is -2.08. The molecule has 98 valence electrons. The number of nitrogens with zero attached hydrogens (tertiary/aromatic N) is 1. The lowest BCUT2D eigenvalue weighted by molar-refractivity contribution is 0.103. The average molecular weight is 257 g/mol. The van der Waals surface area contributed by atoms with Gasteiger partial charge in [-0.25, -0.2) is 0 Å². The van der Waals surface area contributed by atoms with Crippen LogP contribution >= 0.6 is 0 Å². The first-order valence-electron chi connectivity index (χ1n) is 5.86. The maximum Gasteiger partial charge on any atom is 0.202 e. The molecule has 0 atom stereocenters. The third-order valence-electron chi connectivity index (χ3n) is 2.91. The molecule has 0 aliphatic heterocycles. The smallest absolute Gasteiger partial charge is 0.202 e. The molecule has 4 nitrogen and oxygen atoms in total. The standard InChI is InChI=1S/C15H15NO3/c1-10-11(6-5-9-16-10)15(17)14-12(18-2)7-4-8-13(14)19-3/h4-9H,1-3H3. The zero-order chi connectivity index (χ0) is 13.8. The summed E-state index contributed by atoms with van der Waals surface area (Å²) in [6, 6.07) is 8.74. The molecule has 0 amide bonds. The van der Waals surface area contributed by atoms with Crippen LogP contribution < -0.4 is 9.47 Å². The number of ketones is 1. The van der Waals surface area contributed by atoms with Gasteiger partial charge in [-0.05, 0) is 31.2 Å². The van der Waals surface area contributed by atoms with Crippen molar-refractivity contribution in [2.75, 3.05) is 14.2 Å². The lowest BCUT2D eigenvalue weighted by atomic mass is 10.0. The molecule has 2 rings (SSSR count). The van der Waals surface area contributed by atoms with Gasteiger partial charge in [-0.3, -0.25) is 9.78 Å². The molecular weight excluding hydrogens is 242 g/mol. The van der Waals surface area contributed by atoms with E-state index in [4.69, 9.17) is 9.47 Å². The SMILES string of the molecule is COc1cccc(OC)c1C(=O)c1cccnc1C. The zero-order valence-corrected chi connectivity index (χ0v) is 11.1. The van der Waals surface area contributed by atoms with E-state index in [1.165, 1.54) is 14.2 Å². The van der Waals surface area contributed by atoms with E-state index in [0.717, 1.165) is 0 Å². The predicted molar refractivity (Wildman–Crippen MR) is 72.0 cm³/mol. The molecule has 1 heterocycles. The second-order valence-corrected chi connectivity index (χ2v) is 4.00. The quantitative estimate of drug-likeness (QED) is 0.790. The van der Waals surface area contributed by atoms with Crippen molar-refractivity contribution in [2.45, 2.75) is 6.92 Å². The first kappa shape index (κ1) is 13.1. The highest BCUT2D eigenvalue weighted by Gasteiger charge is 2.21. The van der Waals surface area contributed by atoms with Gasteiger partial charge in [0.05, 0.1) is 14.2 Å². The normalized spacial score (nSPS) is 10.1. The second kappa shape index (κ2) is 5.52. The summed E-state index contributed by atoms with van der Waals surface area (Å²) in [4.78, 5) is 16.8. The molecule has 0 aliphatic carbocycles. The van der Waals surface area contributed by atoms with Crippen LogP contribution in [0.5, 0.6) is 11.5 Å². The summed E-state index contributed by atoms with van der Waals surface area (Å²) >= 11 is 0. The molecule has 19 heavy (non-hydrogen) atoms. The van der Waals surface area contributed by atoms with Gasteiger partial charge in [0.2, 0.25) is 5.78 Å². The van der Waals surface area contributed by atoms with Gasteiger partial charge < -0.3 is 9.47 Å². The fraction of sp³-hybridized carbons (Fsp3) is 0.200. The van der Waals surface area contributed by atoms with Crippen LogP contribution in [0.2, 0.25) is 0 Å². The number of carbonyl (C=O) groups excluding carboxylic acids is 1. The van der Waals surface area contributed by atoms with Crippen LogP contribution in [0.1, 0.15) is 21.6 Å². The Morgan fingerprint density at radius 3 is 2.21 bits per heavy atom. The number of pyridine rings is 1. The van der Waals surface area contributed by atoms with Gasteiger partial charge in [0.15, 0.2) is 0 Å². The van der Waals surface area contributed by atoms with E-state index in [0.29, 0.717) is 28.3 Å². The molecule has 4 heteroatoms. The molecule has 0 saturated heterocycles. The van der Waals surface area contributed by atoms with Crippen LogP contribution in [0.25, 0.3) is 0 Å². The predicted octanol–water partition coefficient (Wildman–Crippen LogP) is 2.64. The first-order chi connectivity index (χ1) is 9.19. The molecule has 1 aromatic heterocycles. The number of benzene rings is 1. The van der Waals surface area contributed by atoms with Crippen LogP contribution in [0.3, 0.4) is 0 Å². The third-order valence-corrected chi connectivity index (χ3v) is 2.91. The van der Waals surface area contributed by atoms with E-state index in [1.807, 2.05) is 0 Å². The Morgan fingerprint density at radius 1 is 1.05 bits per heavy atom. The van der Waals surface area contributed by atoms with Crippen LogP contribution in [-0.2, 0) is 0 Å². The third kappa shape index (κ3) is 2.42. The van der Waals surface area contributed by atoms with Crippen molar-refractivity contribution in [1.82, 2.24) is 4.98 Å². The molecule has 0 spiro atoms. The fourth-order valence-electron chi connectivity index (χ4n) is 1.93. The highest BCUT2D eigenvalue weighted by atomic mass is 16.5. The van der Waals surface area contributed by atoms with Crippen molar-refractivity contribution in [3.8, 4) is 11.5 Å². The van der Waals surface area contributed by atoms with Crippen molar-refractivity contribution >= 4 is 5.78 Å². The van der Waals surface area contributed by atoms with Crippen molar-refractivity contribution in [2.24, 2.45) is 0 Å². The van der Waals surface area contributed by atoms with Gasteiger partial charge in [0, 0.05) is 17.5 Å². The maximum absolute atomic E-state index is 12.6. The van der Waals surface area contributed by atoms with Crippen molar-refractivity contribution in [3.63, 3.8) is 0 Å². The van der Waals surface area contributed by atoms with Gasteiger partial charge in [-0.15, -0.1) is 0 Å². The molecule has 0 radical (unpaired) electrons. The van der Waals surface area contributed by atoms with Crippen molar-refractivity contribution in [1.29, 1.82) is 0 Å². The number of rotatable bonds is 4. The van der Waals surface area contributed by atoms with E-state index < -0.39 is 0 Å². The zero-order valence-electron chi connectivity index (χ0n) is 11.1. The average Bonchev–Trinajstić information content (AvgIpc) is 2.46. The minimum Gasteiger partial charge on any atom is -0.496 e. The van der Waals surface area contributed by atoms with Crippen LogP contribution in [0, 0.1) is 6.92 Å². The highest BCUT2D eigenvalue weighted by molar-refractivity contribution is 6.13. The van der Waals surface area contributed by atoms with E-state index in [2.05, 4.69) is 4.98 Å². The van der Waals surface area contributed by atoms with Crippen molar-refractivity contribution < 1.29 is 14.3 Å². The van der Waals surface area contributed by atoms with E-state index >= 15 is 0 Å². The minimum absolute atomic E-state index is 0.153. The van der Waals surface area contributed by atoms with Gasteiger partial charge in [0.1, 0.15) is 17.1 Å². The topological polar surface area (TPSA) is 48.4 Å². The Labute approximate surface area is 112 Å². The maximum atomic E-state index is 12.6. The number of hydrogen-bond acceptors (Lipinski definition) is 4. The molecule has 0 saturated carbocycles. The number of hydrogen-bond donors (Lipinski definition) is 0. The highest BCUT2D eigenvalue weighted by Crippen LogP contribution is 2.30. The summed E-state index contributed by atoms with van der Waals surface area (Å²) in [5.41, 5.74) is 1.65. The Balaban J connectivity index is 2.58. The van der Waals surface area contributed by atoms with Crippen LogP contribution in [-0.4, -0.2) is 25.0 Å². The van der Waals surface area contributed by atoms with Gasteiger partial charge in [-0.2, -0.15) is 0 Å². The summed E-state index contributed by atoms with van der Waals surface area (Å²) in [5, 5.41) is 0. The monoisotopic (exact) mass is 257 g/mol. The Hall–Kier alpha value is -2.36. The van der Waals surface area contributed by atoms with Crippen LogP contribution in [0.4, 0.5) is 0 Å². The minimum atomic E-state index is -0.153. The van der Waals surface area contributed by atoms with Crippen LogP contribution in [0.15, 0.2) is 36.5 Å². The second-order valence-electron chi connectivity index (χ2n) is 4.00. The number of methoxy groups -OCH3 is 2. The summed E-state index contributed by atoms with van der Waals surface area (Å²) in [5.74, 6) is 0.833. The molecular formula is C15H15NO3. The summed E-state index contributed by atoms with van der Waals surface area (Å²) < 4.78 is 10.5. The molecule has 2 aromatic rings. The van der Waals surface area contributed by atoms with E-state index in [-0.39, 0.29) is 5.78 Å². The Kier molecular flexibility index (Phi) is 3.80. The molecule has 0 bridgehead atoms. The van der Waals surface area contributed by atoms with Gasteiger partial charge in [0.25, 0.3) is 0 Å². The largest absolute Gasteiger partial charge is 0.496 e. The molecule has 0 unspecified atom stereocenters. The van der Waals surface area contributed by atoms with E-state index in [9.17, 15) is 4.79 Å². The number of aryl methyl sites for hydroxylation is 1. The summed E-state index contributed by atoms with van der Waals surface area (Å²) in [6.45, 7) is 1.80. The lowest BCUT2D eigenvalue weighted by Gasteiger charge is -2.12. The molecule has 0 fully saturated rings. The molecule has 1 aromatic carbocycles. The number of ether oxygens (including phenoxy) is 2. The molecule has 0 aliphatic rings. The fourth-order valence-corrected chi connectivity index (χ4v) is 1.93. The van der Waals surface area contributed by atoms with E-state index in [1.54, 1.807) is 43.5 Å². The summed E-state index contributed by atoms with van der Waals surface area (Å²) in [7, 11) is 3.06. The van der Waals surface area contributed by atoms with Gasteiger partial charge in [-0.1, -0.05) is 6.07 Å². The van der Waals surface area contributed by atoms with Crippen molar-refractivity contribution in [3.05, 3.63) is 53.3 Å². The summed E-state index contributed by atoms with van der Waals surface area (Å²) in [6.07, 6.45) is 1.66. The number of carbonyl (C=O) groups is 1. The Bertz CT molecular complexity index is 586.